The van der Waals surface area contributed by atoms with Gasteiger partial charge in [-0.25, -0.2) is 4.98 Å². The van der Waals surface area contributed by atoms with Gasteiger partial charge < -0.3 is 14.2 Å². The molecule has 0 aromatic carbocycles. The van der Waals surface area contributed by atoms with Crippen LogP contribution in [0.2, 0.25) is 0 Å². The Morgan fingerprint density at radius 3 is 3.04 bits per heavy atom. The van der Waals surface area contributed by atoms with Crippen LogP contribution >= 0.6 is 0 Å². The summed E-state index contributed by atoms with van der Waals surface area (Å²) in [4.78, 5) is 24.2. The van der Waals surface area contributed by atoms with Crippen LogP contribution in [0.1, 0.15) is 59.0 Å². The Labute approximate surface area is 160 Å². The zero-order chi connectivity index (χ0) is 18.6. The van der Waals surface area contributed by atoms with Crippen molar-refractivity contribution in [3.05, 3.63) is 47.3 Å². The molecule has 6 heteroatoms. The summed E-state index contributed by atoms with van der Waals surface area (Å²) in [6.45, 7) is 3.00. The largest absolute Gasteiger partial charge is 0.383 e. The molecule has 1 atom stereocenters. The van der Waals surface area contributed by atoms with Gasteiger partial charge in [-0.2, -0.15) is 0 Å². The van der Waals surface area contributed by atoms with Gasteiger partial charge in [0.2, 0.25) is 0 Å². The van der Waals surface area contributed by atoms with Gasteiger partial charge in [-0.15, -0.1) is 0 Å². The lowest BCUT2D eigenvalue weighted by atomic mass is 9.94. The summed E-state index contributed by atoms with van der Waals surface area (Å²) in [7, 11) is 1.71. The normalized spacial score (nSPS) is 19.7. The molecule has 2 aromatic heterocycles. The molecule has 1 fully saturated rings. The van der Waals surface area contributed by atoms with E-state index in [0.717, 1.165) is 56.7 Å². The van der Waals surface area contributed by atoms with E-state index < -0.39 is 0 Å². The molecule has 3 heterocycles. The van der Waals surface area contributed by atoms with Crippen LogP contribution in [0.4, 0.5) is 0 Å². The summed E-state index contributed by atoms with van der Waals surface area (Å²) in [6.07, 6.45) is 12.2. The van der Waals surface area contributed by atoms with Gasteiger partial charge in [0.25, 0.3) is 5.91 Å². The molecule has 2 aliphatic rings. The predicted molar refractivity (Wildman–Crippen MR) is 103 cm³/mol. The number of aromatic nitrogens is 3. The summed E-state index contributed by atoms with van der Waals surface area (Å²) in [5.74, 6) is 1.45. The number of nitrogens with zero attached hydrogens (tertiary/aromatic N) is 4. The molecule has 6 nitrogen and oxygen atoms in total. The molecular formula is C21H28N4O2. The second kappa shape index (κ2) is 8.21. The third-order valence-corrected chi connectivity index (χ3v) is 5.77. The molecule has 0 N–H and O–H groups in total. The number of hydrogen-bond donors (Lipinski definition) is 0. The molecule has 2 aromatic rings. The van der Waals surface area contributed by atoms with E-state index in [0.29, 0.717) is 6.61 Å². The maximum absolute atomic E-state index is 13.1. The second-order valence-corrected chi connectivity index (χ2v) is 7.60. The maximum Gasteiger partial charge on any atom is 0.255 e. The quantitative estimate of drug-likeness (QED) is 0.814. The highest BCUT2D eigenvalue weighted by atomic mass is 16.5. The lowest BCUT2D eigenvalue weighted by Gasteiger charge is -2.33. The Morgan fingerprint density at radius 1 is 1.26 bits per heavy atom. The highest BCUT2D eigenvalue weighted by Gasteiger charge is 2.28. The fourth-order valence-electron chi connectivity index (χ4n) is 4.32. The van der Waals surface area contributed by atoms with E-state index in [-0.39, 0.29) is 11.8 Å². The molecule has 27 heavy (non-hydrogen) atoms. The average Bonchev–Trinajstić information content (AvgIpc) is 3.20. The summed E-state index contributed by atoms with van der Waals surface area (Å²) < 4.78 is 7.36. The SMILES string of the molecule is COCCn1ccnc1C1CCCN(C(=O)c2cnc3c(c2)CCCC3)C1. The number of carbonyl (C=O) groups is 1. The molecule has 0 radical (unpaired) electrons. The van der Waals surface area contributed by atoms with E-state index in [2.05, 4.69) is 20.6 Å². The number of ether oxygens (including phenoxy) is 1. The number of imidazole rings is 1. The topological polar surface area (TPSA) is 60.2 Å². The first-order valence-electron chi connectivity index (χ1n) is 10.0. The highest BCUT2D eigenvalue weighted by molar-refractivity contribution is 5.94. The number of amides is 1. The van der Waals surface area contributed by atoms with Crippen LogP contribution in [0.25, 0.3) is 0 Å². The van der Waals surface area contributed by atoms with Crippen LogP contribution in [0, 0.1) is 0 Å². The molecule has 1 aliphatic heterocycles. The molecule has 144 valence electrons. The first-order chi connectivity index (χ1) is 13.3. The Morgan fingerprint density at radius 2 is 2.15 bits per heavy atom. The number of likely N-dealkylation sites (tertiary alicyclic amines) is 1. The predicted octanol–water partition coefficient (Wildman–Crippen LogP) is 2.82. The van der Waals surface area contributed by atoms with E-state index in [1.165, 1.54) is 24.1 Å². The van der Waals surface area contributed by atoms with Crippen molar-refractivity contribution in [3.63, 3.8) is 0 Å². The van der Waals surface area contributed by atoms with Crippen molar-refractivity contribution in [2.45, 2.75) is 51.0 Å². The fraction of sp³-hybridized carbons (Fsp3) is 0.571. The van der Waals surface area contributed by atoms with Gasteiger partial charge >= 0.3 is 0 Å². The Hall–Kier alpha value is -2.21. The van der Waals surface area contributed by atoms with Gasteiger partial charge in [0.1, 0.15) is 5.82 Å². The standard InChI is InChI=1S/C21H28N4O2/c1-27-12-11-24-10-8-22-20(24)17-6-4-9-25(15-17)21(26)18-13-16-5-2-3-7-19(16)23-14-18/h8,10,13-14,17H,2-7,9,11-12,15H2,1H3. The zero-order valence-electron chi connectivity index (χ0n) is 16.1. The third kappa shape index (κ3) is 3.90. The van der Waals surface area contributed by atoms with Gasteiger partial charge in [0.15, 0.2) is 0 Å². The number of pyridine rings is 1. The molecular weight excluding hydrogens is 340 g/mol. The van der Waals surface area contributed by atoms with Crippen molar-refractivity contribution in [2.75, 3.05) is 26.8 Å². The number of fused-ring (bicyclic) bond motifs is 1. The van der Waals surface area contributed by atoms with Gasteiger partial charge in [-0.05, 0) is 50.2 Å². The molecule has 0 bridgehead atoms. The smallest absolute Gasteiger partial charge is 0.255 e. The summed E-state index contributed by atoms with van der Waals surface area (Å²) in [6, 6.07) is 2.08. The van der Waals surface area contributed by atoms with Crippen LogP contribution in [0.15, 0.2) is 24.7 Å². The van der Waals surface area contributed by atoms with E-state index >= 15 is 0 Å². The first-order valence-corrected chi connectivity index (χ1v) is 10.0. The first kappa shape index (κ1) is 18.2. The van der Waals surface area contributed by atoms with Crippen molar-refractivity contribution in [1.29, 1.82) is 0 Å². The lowest BCUT2D eigenvalue weighted by Crippen LogP contribution is -2.40. The van der Waals surface area contributed by atoms with Crippen molar-refractivity contribution in [3.8, 4) is 0 Å². The Bertz CT molecular complexity index is 801. The Kier molecular flexibility index (Phi) is 5.53. The van der Waals surface area contributed by atoms with Crippen LogP contribution in [-0.4, -0.2) is 52.1 Å². The number of hydrogen-bond acceptors (Lipinski definition) is 4. The monoisotopic (exact) mass is 368 g/mol. The molecule has 1 aliphatic carbocycles. The van der Waals surface area contributed by atoms with E-state index in [1.807, 2.05) is 17.3 Å². The summed E-state index contributed by atoms with van der Waals surface area (Å²) in [5.41, 5.74) is 3.17. The van der Waals surface area contributed by atoms with Crippen molar-refractivity contribution >= 4 is 5.91 Å². The minimum Gasteiger partial charge on any atom is -0.383 e. The molecule has 1 saturated heterocycles. The molecule has 0 saturated carbocycles. The molecule has 1 amide bonds. The fourth-order valence-corrected chi connectivity index (χ4v) is 4.32. The average molecular weight is 368 g/mol. The third-order valence-electron chi connectivity index (χ3n) is 5.77. The van der Waals surface area contributed by atoms with Gasteiger partial charge in [-0.3, -0.25) is 9.78 Å². The number of piperidine rings is 1. The van der Waals surface area contributed by atoms with E-state index in [9.17, 15) is 4.79 Å². The molecule has 0 spiro atoms. The van der Waals surface area contributed by atoms with Gasteiger partial charge in [0.05, 0.1) is 12.2 Å². The van der Waals surface area contributed by atoms with Crippen LogP contribution in [0.3, 0.4) is 0 Å². The summed E-state index contributed by atoms with van der Waals surface area (Å²) >= 11 is 0. The zero-order valence-corrected chi connectivity index (χ0v) is 16.1. The van der Waals surface area contributed by atoms with Crippen molar-refractivity contribution < 1.29 is 9.53 Å². The molecule has 1 unspecified atom stereocenters. The summed E-state index contributed by atoms with van der Waals surface area (Å²) in [5, 5.41) is 0. The molecule has 4 rings (SSSR count). The highest BCUT2D eigenvalue weighted by Crippen LogP contribution is 2.27. The minimum atomic E-state index is 0.107. The van der Waals surface area contributed by atoms with Crippen molar-refractivity contribution in [2.24, 2.45) is 0 Å². The van der Waals surface area contributed by atoms with Crippen LogP contribution in [0.5, 0.6) is 0 Å². The van der Waals surface area contributed by atoms with E-state index in [1.54, 1.807) is 13.3 Å². The number of methoxy groups -OCH3 is 1. The van der Waals surface area contributed by atoms with E-state index in [4.69, 9.17) is 4.74 Å². The van der Waals surface area contributed by atoms with Crippen LogP contribution in [-0.2, 0) is 24.1 Å². The van der Waals surface area contributed by atoms with Gasteiger partial charge in [-0.1, -0.05) is 0 Å². The number of carbonyl (C=O) groups excluding carboxylic acids is 1. The second-order valence-electron chi connectivity index (χ2n) is 7.60. The van der Waals surface area contributed by atoms with Gasteiger partial charge in [0, 0.05) is 56.9 Å². The lowest BCUT2D eigenvalue weighted by molar-refractivity contribution is 0.0702. The van der Waals surface area contributed by atoms with Crippen LogP contribution < -0.4 is 0 Å². The number of rotatable bonds is 5. The Balaban J connectivity index is 1.48. The maximum atomic E-state index is 13.1. The van der Waals surface area contributed by atoms with Crippen molar-refractivity contribution in [1.82, 2.24) is 19.4 Å². The number of aryl methyl sites for hydroxylation is 2. The minimum absolute atomic E-state index is 0.107.